The summed E-state index contributed by atoms with van der Waals surface area (Å²) in [6.45, 7) is 6.18. The van der Waals surface area contributed by atoms with E-state index in [1.54, 1.807) is 0 Å². The first-order chi connectivity index (χ1) is 9.74. The van der Waals surface area contributed by atoms with Crippen LogP contribution in [0.3, 0.4) is 0 Å². The number of amides is 1. The maximum Gasteiger partial charge on any atom is 0.228 e. The van der Waals surface area contributed by atoms with E-state index in [1.165, 1.54) is 19.3 Å². The molecule has 0 aromatic carbocycles. The average molecular weight is 275 g/mol. The van der Waals surface area contributed by atoms with Crippen LogP contribution in [-0.4, -0.2) is 24.0 Å². The maximum absolute atomic E-state index is 12.1. The fourth-order valence-electron chi connectivity index (χ4n) is 2.83. The summed E-state index contributed by atoms with van der Waals surface area (Å²) in [4.78, 5) is 18.7. The summed E-state index contributed by atoms with van der Waals surface area (Å²) in [5.41, 5.74) is 1.10. The molecule has 1 aromatic heterocycles. The lowest BCUT2D eigenvalue weighted by molar-refractivity contribution is -0.120. The lowest BCUT2D eigenvalue weighted by Gasteiger charge is -2.22. The van der Waals surface area contributed by atoms with Crippen LogP contribution in [0.25, 0.3) is 0 Å². The molecule has 2 rings (SSSR count). The number of anilines is 2. The van der Waals surface area contributed by atoms with Crippen LogP contribution in [0.5, 0.6) is 0 Å². The van der Waals surface area contributed by atoms with Crippen LogP contribution in [0.15, 0.2) is 18.3 Å². The number of hydrogen-bond donors (Lipinski definition) is 1. The zero-order valence-corrected chi connectivity index (χ0v) is 12.6. The molecule has 1 fully saturated rings. The van der Waals surface area contributed by atoms with Gasteiger partial charge in [0.15, 0.2) is 0 Å². The zero-order valence-electron chi connectivity index (χ0n) is 12.6. The van der Waals surface area contributed by atoms with Crippen LogP contribution in [0, 0.1) is 5.92 Å². The predicted octanol–water partition coefficient (Wildman–Crippen LogP) is 3.45. The summed E-state index contributed by atoms with van der Waals surface area (Å²) in [7, 11) is 0. The molecule has 1 saturated carbocycles. The summed E-state index contributed by atoms with van der Waals surface area (Å²) in [5, 5.41) is 2.95. The van der Waals surface area contributed by atoms with Gasteiger partial charge in [0.2, 0.25) is 5.91 Å². The van der Waals surface area contributed by atoms with Crippen LogP contribution in [-0.2, 0) is 4.79 Å². The first kappa shape index (κ1) is 14.8. The molecule has 1 aromatic rings. The molecule has 0 atom stereocenters. The average Bonchev–Trinajstić information content (AvgIpc) is 2.51. The Morgan fingerprint density at radius 2 is 1.95 bits per heavy atom. The Morgan fingerprint density at radius 3 is 2.50 bits per heavy atom. The van der Waals surface area contributed by atoms with E-state index in [1.807, 2.05) is 18.3 Å². The zero-order chi connectivity index (χ0) is 14.4. The second-order valence-electron chi connectivity index (χ2n) is 5.40. The van der Waals surface area contributed by atoms with Crippen LogP contribution >= 0.6 is 0 Å². The van der Waals surface area contributed by atoms with Gasteiger partial charge in [-0.2, -0.15) is 0 Å². The van der Waals surface area contributed by atoms with Gasteiger partial charge in [0.05, 0.1) is 11.9 Å². The van der Waals surface area contributed by atoms with Gasteiger partial charge in [-0.3, -0.25) is 4.79 Å². The second-order valence-corrected chi connectivity index (χ2v) is 5.40. The molecule has 4 nitrogen and oxygen atoms in total. The van der Waals surface area contributed by atoms with Gasteiger partial charge in [0.25, 0.3) is 0 Å². The third kappa shape index (κ3) is 3.71. The van der Waals surface area contributed by atoms with Gasteiger partial charge in [-0.15, -0.1) is 0 Å². The Morgan fingerprint density at radius 1 is 1.25 bits per heavy atom. The number of hydrogen-bond acceptors (Lipinski definition) is 3. The van der Waals surface area contributed by atoms with Gasteiger partial charge in [0, 0.05) is 19.0 Å². The summed E-state index contributed by atoms with van der Waals surface area (Å²) in [5.74, 6) is 0.970. The Balaban J connectivity index is 1.94. The molecule has 1 N–H and O–H groups in total. The number of carbonyl (C=O) groups excluding carboxylic acids is 1. The van der Waals surface area contributed by atoms with E-state index >= 15 is 0 Å². The monoisotopic (exact) mass is 275 g/mol. The highest BCUT2D eigenvalue weighted by atomic mass is 16.1. The fraction of sp³-hybridized carbons (Fsp3) is 0.625. The van der Waals surface area contributed by atoms with Crippen molar-refractivity contribution in [1.29, 1.82) is 0 Å². The largest absolute Gasteiger partial charge is 0.371 e. The third-order valence-electron chi connectivity index (χ3n) is 4.10. The molecule has 0 bridgehead atoms. The van der Waals surface area contributed by atoms with E-state index in [4.69, 9.17) is 0 Å². The SMILES string of the molecule is CCN(CC)c1ccc(NC(=O)C2CCCCC2)nc1. The van der Waals surface area contributed by atoms with Crippen molar-refractivity contribution in [2.45, 2.75) is 46.0 Å². The number of rotatable bonds is 5. The molecule has 0 spiro atoms. The number of nitrogens with zero attached hydrogens (tertiary/aromatic N) is 2. The minimum Gasteiger partial charge on any atom is -0.371 e. The Bertz CT molecular complexity index is 420. The first-order valence-corrected chi connectivity index (χ1v) is 7.76. The summed E-state index contributed by atoms with van der Waals surface area (Å²) in [6.07, 6.45) is 7.48. The van der Waals surface area contributed by atoms with Crippen molar-refractivity contribution in [3.63, 3.8) is 0 Å². The van der Waals surface area contributed by atoms with E-state index in [-0.39, 0.29) is 11.8 Å². The van der Waals surface area contributed by atoms with Gasteiger partial charge in [-0.1, -0.05) is 19.3 Å². The van der Waals surface area contributed by atoms with E-state index in [0.717, 1.165) is 31.6 Å². The molecule has 20 heavy (non-hydrogen) atoms. The first-order valence-electron chi connectivity index (χ1n) is 7.76. The van der Waals surface area contributed by atoms with Crippen molar-refractivity contribution in [2.24, 2.45) is 5.92 Å². The number of nitrogens with one attached hydrogen (secondary N) is 1. The number of pyridine rings is 1. The molecule has 0 radical (unpaired) electrons. The van der Waals surface area contributed by atoms with Crippen LogP contribution in [0.1, 0.15) is 46.0 Å². The number of carbonyl (C=O) groups is 1. The van der Waals surface area contributed by atoms with Crippen LogP contribution < -0.4 is 10.2 Å². The Labute approximate surface area is 121 Å². The maximum atomic E-state index is 12.1. The molecule has 1 aliphatic carbocycles. The standard InChI is InChI=1S/C16H25N3O/c1-3-19(4-2)14-10-11-15(17-12-14)18-16(20)13-8-6-5-7-9-13/h10-13H,3-9H2,1-2H3,(H,17,18,20). The Hall–Kier alpha value is -1.58. The van der Waals surface area contributed by atoms with E-state index < -0.39 is 0 Å². The van der Waals surface area contributed by atoms with Gasteiger partial charge in [0.1, 0.15) is 5.82 Å². The molecule has 0 unspecified atom stereocenters. The molecule has 4 heteroatoms. The van der Waals surface area contributed by atoms with Gasteiger partial charge < -0.3 is 10.2 Å². The highest BCUT2D eigenvalue weighted by Crippen LogP contribution is 2.25. The highest BCUT2D eigenvalue weighted by Gasteiger charge is 2.21. The lowest BCUT2D eigenvalue weighted by Crippen LogP contribution is -2.25. The molecule has 0 aliphatic heterocycles. The number of aromatic nitrogens is 1. The van der Waals surface area contributed by atoms with Crippen LogP contribution in [0.2, 0.25) is 0 Å². The molecular weight excluding hydrogens is 250 g/mol. The fourth-order valence-corrected chi connectivity index (χ4v) is 2.83. The molecule has 1 amide bonds. The molecule has 0 saturated heterocycles. The van der Waals surface area contributed by atoms with Gasteiger partial charge in [-0.25, -0.2) is 4.98 Å². The van der Waals surface area contributed by atoms with Crippen molar-refractivity contribution in [3.8, 4) is 0 Å². The van der Waals surface area contributed by atoms with Crippen molar-refractivity contribution >= 4 is 17.4 Å². The van der Waals surface area contributed by atoms with Gasteiger partial charge in [-0.05, 0) is 38.8 Å². The summed E-state index contributed by atoms with van der Waals surface area (Å²) < 4.78 is 0. The minimum atomic E-state index is 0.132. The molecular formula is C16H25N3O. The second kappa shape index (κ2) is 7.27. The van der Waals surface area contributed by atoms with Crippen molar-refractivity contribution in [3.05, 3.63) is 18.3 Å². The predicted molar refractivity (Wildman–Crippen MR) is 83.0 cm³/mol. The molecule has 1 aliphatic rings. The van der Waals surface area contributed by atoms with E-state index in [0.29, 0.717) is 5.82 Å². The summed E-state index contributed by atoms with van der Waals surface area (Å²) in [6, 6.07) is 3.92. The molecule has 1 heterocycles. The van der Waals surface area contributed by atoms with Crippen molar-refractivity contribution < 1.29 is 4.79 Å². The normalized spacial score (nSPS) is 15.9. The highest BCUT2D eigenvalue weighted by molar-refractivity contribution is 5.91. The smallest absolute Gasteiger partial charge is 0.228 e. The topological polar surface area (TPSA) is 45.2 Å². The quantitative estimate of drug-likeness (QED) is 0.895. The van der Waals surface area contributed by atoms with Crippen LogP contribution in [0.4, 0.5) is 11.5 Å². The molecule has 110 valence electrons. The lowest BCUT2D eigenvalue weighted by atomic mass is 9.89. The summed E-state index contributed by atoms with van der Waals surface area (Å²) >= 11 is 0. The Kier molecular flexibility index (Phi) is 5.39. The van der Waals surface area contributed by atoms with Crippen molar-refractivity contribution in [1.82, 2.24) is 4.98 Å². The van der Waals surface area contributed by atoms with E-state index in [2.05, 4.69) is 29.0 Å². The third-order valence-corrected chi connectivity index (χ3v) is 4.10. The van der Waals surface area contributed by atoms with Crippen molar-refractivity contribution in [2.75, 3.05) is 23.3 Å². The van der Waals surface area contributed by atoms with E-state index in [9.17, 15) is 4.79 Å². The van der Waals surface area contributed by atoms with Gasteiger partial charge >= 0.3 is 0 Å². The minimum absolute atomic E-state index is 0.132.